The average Bonchev–Trinajstić information content (AvgIpc) is 3.59. The molecule has 0 amide bonds. The Kier molecular flexibility index (Phi) is 19.9. The molecule has 1 saturated heterocycles. The Labute approximate surface area is 198 Å². The standard InChI is InChI=1S/C13H24O5.C7H10O3.C4H10O/c1-5-11(15)6-10(4)17-8-12(7-14)18-13(16)9(2)3;1-5(2)7(8)10-4-6-3-9-6;1-3-4(2)5/h10-12,14-15H,2,5-8H2,1,3-4H3;6H,1,3-4H2,2H3;4-5H,3H2,1-2H3. The molecule has 1 aliphatic heterocycles. The Hall–Kier alpha value is -1.78. The van der Waals surface area contributed by atoms with Gasteiger partial charge in [0.15, 0.2) is 0 Å². The van der Waals surface area contributed by atoms with Crippen molar-refractivity contribution in [2.24, 2.45) is 0 Å². The van der Waals surface area contributed by atoms with Gasteiger partial charge in [-0.2, -0.15) is 0 Å². The molecular formula is C24H44O9. The number of esters is 2. The fraction of sp³-hybridized carbons (Fsp3) is 0.750. The molecule has 9 nitrogen and oxygen atoms in total. The predicted octanol–water partition coefficient (Wildman–Crippen LogP) is 2.31. The van der Waals surface area contributed by atoms with Crippen LogP contribution in [0, 0.1) is 0 Å². The first-order valence-electron chi connectivity index (χ1n) is 11.3. The monoisotopic (exact) mass is 476 g/mol. The van der Waals surface area contributed by atoms with Crippen LogP contribution in [-0.2, 0) is 28.5 Å². The lowest BCUT2D eigenvalue weighted by Crippen LogP contribution is -2.30. The Morgan fingerprint density at radius 1 is 1.06 bits per heavy atom. The summed E-state index contributed by atoms with van der Waals surface area (Å²) >= 11 is 0. The average molecular weight is 477 g/mol. The van der Waals surface area contributed by atoms with Crippen LogP contribution in [0.2, 0.25) is 0 Å². The second-order valence-electron chi connectivity index (χ2n) is 8.02. The van der Waals surface area contributed by atoms with Crippen LogP contribution in [0.3, 0.4) is 0 Å². The minimum Gasteiger partial charge on any atom is -0.459 e. The Balaban J connectivity index is 0. The molecule has 5 unspecified atom stereocenters. The van der Waals surface area contributed by atoms with Crippen molar-refractivity contribution in [3.05, 3.63) is 24.3 Å². The van der Waals surface area contributed by atoms with Crippen LogP contribution < -0.4 is 0 Å². The molecule has 0 aliphatic carbocycles. The number of hydrogen-bond acceptors (Lipinski definition) is 9. The highest BCUT2D eigenvalue weighted by Gasteiger charge is 2.24. The number of hydrogen-bond donors (Lipinski definition) is 3. The summed E-state index contributed by atoms with van der Waals surface area (Å²) in [5.41, 5.74) is 0.712. The van der Waals surface area contributed by atoms with Gasteiger partial charge in [0.05, 0.1) is 38.1 Å². The normalized spacial score (nSPS) is 17.5. The van der Waals surface area contributed by atoms with Crippen molar-refractivity contribution in [2.45, 2.75) is 91.3 Å². The summed E-state index contributed by atoms with van der Waals surface area (Å²) in [6, 6.07) is 0. The molecule has 33 heavy (non-hydrogen) atoms. The van der Waals surface area contributed by atoms with Crippen LogP contribution in [0.1, 0.15) is 60.8 Å². The molecule has 194 valence electrons. The summed E-state index contributed by atoms with van der Waals surface area (Å²) in [4.78, 5) is 22.0. The quantitative estimate of drug-likeness (QED) is 0.208. The van der Waals surface area contributed by atoms with Gasteiger partial charge in [0, 0.05) is 11.1 Å². The number of aliphatic hydroxyl groups excluding tert-OH is 3. The van der Waals surface area contributed by atoms with Gasteiger partial charge >= 0.3 is 11.9 Å². The molecule has 9 heteroatoms. The molecule has 1 rings (SSSR count). The van der Waals surface area contributed by atoms with Crippen molar-refractivity contribution in [1.82, 2.24) is 0 Å². The highest BCUT2D eigenvalue weighted by Crippen LogP contribution is 2.09. The number of ether oxygens (including phenoxy) is 4. The molecule has 1 fully saturated rings. The smallest absolute Gasteiger partial charge is 0.333 e. The van der Waals surface area contributed by atoms with E-state index in [-0.39, 0.29) is 43.1 Å². The molecule has 0 bridgehead atoms. The van der Waals surface area contributed by atoms with Crippen molar-refractivity contribution in [2.75, 3.05) is 26.4 Å². The third-order valence-electron chi connectivity index (χ3n) is 4.21. The Bertz CT molecular complexity index is 570. The van der Waals surface area contributed by atoms with Gasteiger partial charge in [0.1, 0.15) is 18.8 Å². The fourth-order valence-corrected chi connectivity index (χ4v) is 1.72. The highest BCUT2D eigenvalue weighted by atomic mass is 16.6. The van der Waals surface area contributed by atoms with Crippen LogP contribution in [0.4, 0.5) is 0 Å². The van der Waals surface area contributed by atoms with E-state index >= 15 is 0 Å². The lowest BCUT2D eigenvalue weighted by molar-refractivity contribution is -0.151. The van der Waals surface area contributed by atoms with Gasteiger partial charge in [-0.05, 0) is 47.0 Å². The molecule has 0 spiro atoms. The molecule has 0 aromatic heterocycles. The fourth-order valence-electron chi connectivity index (χ4n) is 1.72. The van der Waals surface area contributed by atoms with E-state index in [4.69, 9.17) is 29.2 Å². The van der Waals surface area contributed by atoms with Crippen LogP contribution in [-0.4, -0.2) is 84.2 Å². The summed E-state index contributed by atoms with van der Waals surface area (Å²) in [7, 11) is 0. The SMILES string of the molecule is C=C(C)C(=O)OC(CO)COC(C)CC(O)CC.C=C(C)C(=O)OCC1CO1.CCC(C)O. The maximum atomic E-state index is 11.3. The van der Waals surface area contributed by atoms with E-state index in [1.807, 2.05) is 20.8 Å². The minimum atomic E-state index is -0.699. The summed E-state index contributed by atoms with van der Waals surface area (Å²) in [6.07, 6.45) is 0.821. The van der Waals surface area contributed by atoms with Crippen molar-refractivity contribution in [3.63, 3.8) is 0 Å². The van der Waals surface area contributed by atoms with Crippen molar-refractivity contribution >= 4 is 11.9 Å². The summed E-state index contributed by atoms with van der Waals surface area (Å²) < 4.78 is 20.0. The van der Waals surface area contributed by atoms with Crippen LogP contribution in [0.5, 0.6) is 0 Å². The molecular weight excluding hydrogens is 432 g/mol. The second-order valence-corrected chi connectivity index (χ2v) is 8.02. The maximum Gasteiger partial charge on any atom is 0.333 e. The number of epoxide rings is 1. The number of rotatable bonds is 13. The van der Waals surface area contributed by atoms with Gasteiger partial charge in [-0.3, -0.25) is 0 Å². The second kappa shape index (κ2) is 19.7. The third-order valence-corrected chi connectivity index (χ3v) is 4.21. The van der Waals surface area contributed by atoms with Gasteiger partial charge in [0.2, 0.25) is 0 Å². The van der Waals surface area contributed by atoms with E-state index in [1.54, 1.807) is 13.8 Å². The van der Waals surface area contributed by atoms with E-state index in [9.17, 15) is 14.7 Å². The van der Waals surface area contributed by atoms with Gasteiger partial charge in [-0.1, -0.05) is 27.0 Å². The largest absolute Gasteiger partial charge is 0.459 e. The van der Waals surface area contributed by atoms with E-state index in [2.05, 4.69) is 13.2 Å². The zero-order valence-corrected chi connectivity index (χ0v) is 21.0. The molecule has 5 atom stereocenters. The lowest BCUT2D eigenvalue weighted by Gasteiger charge is -2.20. The topological polar surface area (TPSA) is 135 Å². The summed E-state index contributed by atoms with van der Waals surface area (Å²) in [5, 5.41) is 26.9. The van der Waals surface area contributed by atoms with Crippen molar-refractivity contribution < 1.29 is 43.9 Å². The Morgan fingerprint density at radius 2 is 1.58 bits per heavy atom. The van der Waals surface area contributed by atoms with Crippen molar-refractivity contribution in [1.29, 1.82) is 0 Å². The highest BCUT2D eigenvalue weighted by molar-refractivity contribution is 5.87. The number of carbonyl (C=O) groups is 2. The molecule has 0 aromatic rings. The number of carbonyl (C=O) groups excluding carboxylic acids is 2. The lowest BCUT2D eigenvalue weighted by atomic mass is 10.1. The molecule has 0 radical (unpaired) electrons. The van der Waals surface area contributed by atoms with E-state index < -0.39 is 18.2 Å². The van der Waals surface area contributed by atoms with Crippen LogP contribution in [0.15, 0.2) is 24.3 Å². The first-order valence-corrected chi connectivity index (χ1v) is 11.3. The molecule has 0 aromatic carbocycles. The Morgan fingerprint density at radius 3 is 1.94 bits per heavy atom. The molecule has 1 heterocycles. The summed E-state index contributed by atoms with van der Waals surface area (Å²) in [5.74, 6) is -0.880. The first kappa shape index (κ1) is 33.4. The molecule has 0 saturated carbocycles. The van der Waals surface area contributed by atoms with Gasteiger partial charge in [-0.25, -0.2) is 9.59 Å². The van der Waals surface area contributed by atoms with E-state index in [1.165, 1.54) is 6.92 Å². The van der Waals surface area contributed by atoms with Crippen molar-refractivity contribution in [3.8, 4) is 0 Å². The third kappa shape index (κ3) is 21.8. The predicted molar refractivity (Wildman–Crippen MR) is 126 cm³/mol. The van der Waals surface area contributed by atoms with Gasteiger partial charge < -0.3 is 34.3 Å². The molecule has 3 N–H and O–H groups in total. The minimum absolute atomic E-state index is 0.104. The zero-order chi connectivity index (χ0) is 26.0. The van der Waals surface area contributed by atoms with Gasteiger partial charge in [0.25, 0.3) is 0 Å². The van der Waals surface area contributed by atoms with Crippen LogP contribution >= 0.6 is 0 Å². The van der Waals surface area contributed by atoms with E-state index in [0.29, 0.717) is 31.6 Å². The summed E-state index contributed by atoms with van der Waals surface area (Å²) in [6.45, 7) is 18.4. The molecule has 1 aliphatic rings. The first-order chi connectivity index (χ1) is 15.4. The number of aliphatic hydroxyl groups is 3. The van der Waals surface area contributed by atoms with Crippen LogP contribution in [0.25, 0.3) is 0 Å². The maximum absolute atomic E-state index is 11.3. The van der Waals surface area contributed by atoms with E-state index in [0.717, 1.165) is 6.42 Å². The zero-order valence-electron chi connectivity index (χ0n) is 21.0. The van der Waals surface area contributed by atoms with Gasteiger partial charge in [-0.15, -0.1) is 0 Å².